The van der Waals surface area contributed by atoms with Crippen LogP contribution < -0.4 is 0 Å². The van der Waals surface area contributed by atoms with Gasteiger partial charge in [-0.15, -0.1) is 0 Å². The molecule has 0 atom stereocenters. The maximum absolute atomic E-state index is 13.6. The third-order valence-electron chi connectivity index (χ3n) is 7.70. The van der Waals surface area contributed by atoms with Crippen LogP contribution in [0.25, 0.3) is 23.0 Å². The molecule has 3 aromatic carbocycles. The van der Waals surface area contributed by atoms with E-state index >= 15 is 0 Å². The highest BCUT2D eigenvalue weighted by molar-refractivity contribution is 8.26. The molecule has 2 fully saturated rings. The van der Waals surface area contributed by atoms with E-state index in [9.17, 15) is 13.2 Å². The van der Waals surface area contributed by atoms with Gasteiger partial charge in [0.2, 0.25) is 10.0 Å². The molecule has 0 spiro atoms. The number of thioether (sulfide) groups is 1. The number of hydrogen-bond donors (Lipinski definition) is 0. The molecule has 0 aliphatic carbocycles. The highest BCUT2D eigenvalue weighted by Crippen LogP contribution is 2.37. The zero-order valence-electron chi connectivity index (χ0n) is 23.4. The molecular formula is C32H29ClN4O3S3. The molecule has 220 valence electrons. The van der Waals surface area contributed by atoms with Crippen molar-refractivity contribution in [1.29, 1.82) is 0 Å². The van der Waals surface area contributed by atoms with Gasteiger partial charge in [-0.25, -0.2) is 13.1 Å². The van der Waals surface area contributed by atoms with Gasteiger partial charge in [-0.05, 0) is 60.7 Å². The lowest BCUT2D eigenvalue weighted by Crippen LogP contribution is -2.37. The van der Waals surface area contributed by atoms with Gasteiger partial charge in [0.15, 0.2) is 0 Å². The molecule has 43 heavy (non-hydrogen) atoms. The Morgan fingerprint density at radius 1 is 1.02 bits per heavy atom. The van der Waals surface area contributed by atoms with E-state index in [-0.39, 0.29) is 17.3 Å². The first-order valence-corrected chi connectivity index (χ1v) is 17.0. The van der Waals surface area contributed by atoms with Crippen molar-refractivity contribution in [3.63, 3.8) is 0 Å². The highest BCUT2D eigenvalue weighted by Gasteiger charge is 2.33. The molecule has 3 heterocycles. The lowest BCUT2D eigenvalue weighted by atomic mass is 10.0. The van der Waals surface area contributed by atoms with Crippen molar-refractivity contribution in [3.05, 3.63) is 106 Å². The molecule has 1 amide bonds. The van der Waals surface area contributed by atoms with Crippen LogP contribution in [0.5, 0.6) is 0 Å². The Balaban J connectivity index is 1.38. The molecule has 0 N–H and O–H groups in total. The average Bonchev–Trinajstić information content (AvgIpc) is 3.55. The lowest BCUT2D eigenvalue weighted by molar-refractivity contribution is -0.122. The minimum Gasteiger partial charge on any atom is -0.288 e. The second-order valence-electron chi connectivity index (χ2n) is 10.7. The SMILES string of the molecule is CC1CCN(S(=O)(=O)c2cccc(-c3nn(-c4ccccc4)cc3C=C3SC(=S)N(Cc4ccccc4Cl)C3=O)c2)CC1. The van der Waals surface area contributed by atoms with Crippen molar-refractivity contribution in [2.75, 3.05) is 13.1 Å². The van der Waals surface area contributed by atoms with E-state index in [0.717, 1.165) is 24.1 Å². The number of benzene rings is 3. The largest absolute Gasteiger partial charge is 0.288 e. The summed E-state index contributed by atoms with van der Waals surface area (Å²) in [6.45, 7) is 3.45. The number of hydrogen-bond acceptors (Lipinski definition) is 6. The van der Waals surface area contributed by atoms with Crippen LogP contribution in [0.3, 0.4) is 0 Å². The zero-order chi connectivity index (χ0) is 30.1. The number of piperidine rings is 1. The molecule has 4 aromatic rings. The fourth-order valence-electron chi connectivity index (χ4n) is 5.18. The normalized spacial score (nSPS) is 17.7. The summed E-state index contributed by atoms with van der Waals surface area (Å²) in [7, 11) is -3.66. The lowest BCUT2D eigenvalue weighted by Gasteiger charge is -2.29. The van der Waals surface area contributed by atoms with Gasteiger partial charge >= 0.3 is 0 Å². The third-order valence-corrected chi connectivity index (χ3v) is 11.3. The van der Waals surface area contributed by atoms with Gasteiger partial charge < -0.3 is 0 Å². The smallest absolute Gasteiger partial charge is 0.266 e. The van der Waals surface area contributed by atoms with Gasteiger partial charge in [0.25, 0.3) is 5.91 Å². The third kappa shape index (κ3) is 6.21. The Morgan fingerprint density at radius 3 is 2.49 bits per heavy atom. The first-order valence-electron chi connectivity index (χ1n) is 13.9. The Labute approximate surface area is 266 Å². The molecule has 11 heteroatoms. The number of thiocarbonyl (C=S) groups is 1. The average molecular weight is 649 g/mol. The van der Waals surface area contributed by atoms with E-state index in [2.05, 4.69) is 6.92 Å². The topological polar surface area (TPSA) is 75.5 Å². The predicted molar refractivity (Wildman–Crippen MR) is 176 cm³/mol. The summed E-state index contributed by atoms with van der Waals surface area (Å²) >= 11 is 13.2. The van der Waals surface area contributed by atoms with Crippen molar-refractivity contribution < 1.29 is 13.2 Å². The van der Waals surface area contributed by atoms with Gasteiger partial charge in [-0.2, -0.15) is 9.40 Å². The molecule has 0 unspecified atom stereocenters. The second kappa shape index (κ2) is 12.4. The summed E-state index contributed by atoms with van der Waals surface area (Å²) < 4.78 is 30.9. The molecule has 1 aromatic heterocycles. The van der Waals surface area contributed by atoms with Crippen LogP contribution in [0.1, 0.15) is 30.9 Å². The monoisotopic (exact) mass is 648 g/mol. The summed E-state index contributed by atoms with van der Waals surface area (Å²) in [6.07, 6.45) is 5.32. The van der Waals surface area contributed by atoms with Crippen LogP contribution in [0, 0.1) is 5.92 Å². The fourth-order valence-corrected chi connectivity index (χ4v) is 8.14. The quantitative estimate of drug-likeness (QED) is 0.158. The number of rotatable bonds is 7. The molecule has 0 saturated carbocycles. The van der Waals surface area contributed by atoms with E-state index in [1.165, 1.54) is 11.8 Å². The maximum atomic E-state index is 13.6. The molecule has 0 bridgehead atoms. The number of para-hydroxylation sites is 1. The van der Waals surface area contributed by atoms with E-state index in [4.69, 9.17) is 28.9 Å². The van der Waals surface area contributed by atoms with Gasteiger partial charge in [-0.3, -0.25) is 9.69 Å². The number of nitrogens with zero attached hydrogens (tertiary/aromatic N) is 4. The van der Waals surface area contributed by atoms with Crippen LogP contribution in [0.2, 0.25) is 5.02 Å². The Hall–Kier alpha value is -3.28. The summed E-state index contributed by atoms with van der Waals surface area (Å²) in [5.41, 5.74) is 3.51. The van der Waals surface area contributed by atoms with Crippen LogP contribution in [0.15, 0.2) is 94.9 Å². The minimum absolute atomic E-state index is 0.219. The standard InChI is InChI=1S/C32H29ClN4O3S3/c1-22-14-16-35(17-15-22)43(39,40)27-12-7-9-23(18-27)30-25(21-37(34-30)26-10-3-2-4-11-26)19-29-31(38)36(32(41)42-29)20-24-8-5-6-13-28(24)33/h2-13,18-19,21-22H,14-17,20H2,1H3. The van der Waals surface area contributed by atoms with Gasteiger partial charge in [-0.1, -0.05) is 91.0 Å². The minimum atomic E-state index is -3.66. The molecule has 0 radical (unpaired) electrons. The summed E-state index contributed by atoms with van der Waals surface area (Å²) in [5.74, 6) is 0.295. The number of halogens is 1. The molecule has 6 rings (SSSR count). The zero-order valence-corrected chi connectivity index (χ0v) is 26.6. The van der Waals surface area contributed by atoms with Crippen LogP contribution in [0.4, 0.5) is 0 Å². The molecule has 2 saturated heterocycles. The maximum Gasteiger partial charge on any atom is 0.266 e. The molecule has 2 aliphatic heterocycles. The van der Waals surface area contributed by atoms with Crippen molar-refractivity contribution in [2.45, 2.75) is 31.2 Å². The number of amides is 1. The summed E-state index contributed by atoms with van der Waals surface area (Å²) in [4.78, 5) is 15.8. The van der Waals surface area contributed by atoms with Gasteiger partial charge in [0, 0.05) is 35.4 Å². The van der Waals surface area contributed by atoms with Crippen LogP contribution in [-0.4, -0.2) is 50.7 Å². The molecule has 7 nitrogen and oxygen atoms in total. The first-order chi connectivity index (χ1) is 20.7. The van der Waals surface area contributed by atoms with E-state index in [1.807, 2.05) is 60.8 Å². The summed E-state index contributed by atoms with van der Waals surface area (Å²) in [6, 6.07) is 23.9. The number of aromatic nitrogens is 2. The Bertz CT molecular complexity index is 1830. The Kier molecular flexibility index (Phi) is 8.57. The van der Waals surface area contributed by atoms with Crippen molar-refractivity contribution in [2.24, 2.45) is 5.92 Å². The predicted octanol–water partition coefficient (Wildman–Crippen LogP) is 7.01. The van der Waals surface area contributed by atoms with Crippen molar-refractivity contribution in [1.82, 2.24) is 19.0 Å². The Morgan fingerprint density at radius 2 is 1.74 bits per heavy atom. The van der Waals surface area contributed by atoms with Crippen molar-refractivity contribution in [3.8, 4) is 16.9 Å². The van der Waals surface area contributed by atoms with E-state index in [0.29, 0.717) is 50.1 Å². The van der Waals surface area contributed by atoms with Crippen molar-refractivity contribution >= 4 is 61.9 Å². The van der Waals surface area contributed by atoms with E-state index < -0.39 is 10.0 Å². The number of carbonyl (C=O) groups excluding carboxylic acids is 1. The molecular weight excluding hydrogens is 620 g/mol. The second-order valence-corrected chi connectivity index (χ2v) is 14.7. The summed E-state index contributed by atoms with van der Waals surface area (Å²) in [5, 5.41) is 5.43. The van der Waals surface area contributed by atoms with E-state index in [1.54, 1.807) is 44.2 Å². The number of sulfonamides is 1. The highest BCUT2D eigenvalue weighted by atomic mass is 35.5. The van der Waals surface area contributed by atoms with Gasteiger partial charge in [0.05, 0.1) is 22.0 Å². The number of carbonyl (C=O) groups is 1. The van der Waals surface area contributed by atoms with Gasteiger partial charge in [0.1, 0.15) is 10.0 Å². The first kappa shape index (κ1) is 29.8. The van der Waals surface area contributed by atoms with Crippen LogP contribution in [-0.2, 0) is 21.4 Å². The fraction of sp³-hybridized carbons (Fsp3) is 0.219. The molecule has 2 aliphatic rings. The van der Waals surface area contributed by atoms with Crippen LogP contribution >= 0.6 is 35.6 Å².